The second-order valence-electron chi connectivity index (χ2n) is 3.83. The third-order valence-electron chi connectivity index (χ3n) is 2.12. The number of rotatable bonds is 6. The van der Waals surface area contributed by atoms with Crippen LogP contribution in [0.5, 0.6) is 0 Å². The van der Waals surface area contributed by atoms with E-state index in [1.54, 1.807) is 13.8 Å². The lowest BCUT2D eigenvalue weighted by Crippen LogP contribution is -2.27. The molecule has 0 radical (unpaired) electrons. The zero-order valence-corrected chi connectivity index (χ0v) is 11.1. The molecule has 0 spiro atoms. The first kappa shape index (κ1) is 15.4. The van der Waals surface area contributed by atoms with Crippen molar-refractivity contribution in [2.45, 2.75) is 20.4 Å². The fourth-order valence-electron chi connectivity index (χ4n) is 1.37. The van der Waals surface area contributed by atoms with Crippen LogP contribution in [0.2, 0.25) is 0 Å². The molecule has 0 saturated heterocycles. The first-order chi connectivity index (χ1) is 9.42. The van der Waals surface area contributed by atoms with E-state index in [0.717, 1.165) is 6.08 Å². The van der Waals surface area contributed by atoms with E-state index in [-0.39, 0.29) is 18.8 Å². The van der Waals surface area contributed by atoms with E-state index in [1.807, 2.05) is 0 Å². The fraction of sp³-hybridized carbons (Fsp3) is 0.333. The number of carbonyl (C=O) groups is 3. The number of carboxylic acids is 1. The highest BCUT2D eigenvalue weighted by Crippen LogP contribution is 1.96. The molecule has 1 aromatic heterocycles. The smallest absolute Gasteiger partial charge is 0.356 e. The normalized spacial score (nSPS) is 11.0. The molecular weight excluding hydrogens is 266 g/mol. The van der Waals surface area contributed by atoms with Crippen LogP contribution in [0.25, 0.3) is 0 Å². The van der Waals surface area contributed by atoms with Gasteiger partial charge in [-0.25, -0.2) is 9.59 Å². The van der Waals surface area contributed by atoms with Gasteiger partial charge in [-0.05, 0) is 19.9 Å². The average molecular weight is 281 g/mol. The van der Waals surface area contributed by atoms with Crippen LogP contribution in [0.15, 0.2) is 24.0 Å². The van der Waals surface area contributed by atoms with Gasteiger partial charge in [-0.3, -0.25) is 9.48 Å². The number of ether oxygens (including phenoxy) is 1. The van der Waals surface area contributed by atoms with Gasteiger partial charge >= 0.3 is 11.9 Å². The van der Waals surface area contributed by atoms with E-state index in [1.165, 1.54) is 16.9 Å². The Balaban J connectivity index is 2.54. The van der Waals surface area contributed by atoms with Crippen LogP contribution in [-0.4, -0.2) is 39.3 Å². The summed E-state index contributed by atoms with van der Waals surface area (Å²) in [5, 5.41) is 14.9. The van der Waals surface area contributed by atoms with E-state index < -0.39 is 17.8 Å². The van der Waals surface area contributed by atoms with Gasteiger partial charge in [0.2, 0.25) is 5.91 Å². The van der Waals surface area contributed by atoms with Crippen molar-refractivity contribution in [3.8, 4) is 0 Å². The van der Waals surface area contributed by atoms with Crippen LogP contribution in [0, 0.1) is 0 Å². The molecule has 2 N–H and O–H groups in total. The monoisotopic (exact) mass is 281 g/mol. The highest BCUT2D eigenvalue weighted by Gasteiger charge is 2.09. The number of allylic oxidation sites excluding steroid dienone is 1. The Kier molecular flexibility index (Phi) is 5.45. The molecule has 108 valence electrons. The molecule has 0 unspecified atom stereocenters. The summed E-state index contributed by atoms with van der Waals surface area (Å²) in [5.41, 5.74) is 0.190. The molecule has 1 aromatic rings. The predicted octanol–water partition coefficient (Wildman–Crippen LogP) is 0.164. The Morgan fingerprint density at radius 1 is 1.50 bits per heavy atom. The molecule has 0 atom stereocenters. The van der Waals surface area contributed by atoms with E-state index in [2.05, 4.69) is 10.4 Å². The van der Waals surface area contributed by atoms with Crippen LogP contribution in [0.3, 0.4) is 0 Å². The summed E-state index contributed by atoms with van der Waals surface area (Å²) in [6, 6.07) is 1.29. The Morgan fingerprint density at radius 2 is 2.20 bits per heavy atom. The molecule has 0 saturated carbocycles. The fourth-order valence-corrected chi connectivity index (χ4v) is 1.37. The highest BCUT2D eigenvalue weighted by molar-refractivity contribution is 5.86. The molecule has 0 aliphatic rings. The summed E-state index contributed by atoms with van der Waals surface area (Å²) < 4.78 is 5.88. The number of aromatic nitrogens is 2. The van der Waals surface area contributed by atoms with Crippen molar-refractivity contribution in [1.29, 1.82) is 0 Å². The maximum atomic E-state index is 11.6. The molecule has 1 rings (SSSR count). The van der Waals surface area contributed by atoms with Crippen LogP contribution in [-0.2, 0) is 20.9 Å². The molecule has 0 aliphatic heterocycles. The maximum absolute atomic E-state index is 11.6. The standard InChI is InChI=1S/C12H15N3O5/c1-3-20-11(17)6-8(2)13-10(16)7-15-5-4-9(14-15)12(18)19/h4-6H,3,7H2,1-2H3,(H,13,16)(H,18,19)/b8-6+. The summed E-state index contributed by atoms with van der Waals surface area (Å²) in [4.78, 5) is 33.4. The Labute approximate surface area is 115 Å². The molecule has 1 amide bonds. The number of hydrogen-bond donors (Lipinski definition) is 2. The molecule has 0 fully saturated rings. The number of carboxylic acid groups (broad SMARTS) is 1. The van der Waals surface area contributed by atoms with Gasteiger partial charge < -0.3 is 15.2 Å². The van der Waals surface area contributed by atoms with Gasteiger partial charge in [0.05, 0.1) is 6.61 Å². The van der Waals surface area contributed by atoms with Crippen LogP contribution < -0.4 is 5.32 Å². The summed E-state index contributed by atoms with van der Waals surface area (Å²) in [7, 11) is 0. The lowest BCUT2D eigenvalue weighted by Gasteiger charge is -2.05. The maximum Gasteiger partial charge on any atom is 0.356 e. The third kappa shape index (κ3) is 4.92. The van der Waals surface area contributed by atoms with Gasteiger partial charge in [0.25, 0.3) is 0 Å². The SMILES string of the molecule is CCOC(=O)/C=C(\C)NC(=O)Cn1ccc(C(=O)O)n1. The zero-order chi connectivity index (χ0) is 15.1. The number of aromatic carboxylic acids is 1. The van der Waals surface area contributed by atoms with E-state index in [0.29, 0.717) is 5.70 Å². The van der Waals surface area contributed by atoms with Gasteiger partial charge in [0.15, 0.2) is 5.69 Å². The highest BCUT2D eigenvalue weighted by atomic mass is 16.5. The Bertz CT molecular complexity index is 547. The van der Waals surface area contributed by atoms with Gasteiger partial charge in [-0.2, -0.15) is 5.10 Å². The molecule has 20 heavy (non-hydrogen) atoms. The predicted molar refractivity (Wildman–Crippen MR) is 67.7 cm³/mol. The van der Waals surface area contributed by atoms with Gasteiger partial charge in [-0.1, -0.05) is 0 Å². The summed E-state index contributed by atoms with van der Waals surface area (Å²) in [6.45, 7) is 3.32. The second-order valence-corrected chi connectivity index (χ2v) is 3.83. The largest absolute Gasteiger partial charge is 0.476 e. The molecular formula is C12H15N3O5. The summed E-state index contributed by atoms with van der Waals surface area (Å²) >= 11 is 0. The zero-order valence-electron chi connectivity index (χ0n) is 11.1. The molecule has 1 heterocycles. The van der Waals surface area contributed by atoms with Crippen molar-refractivity contribution < 1.29 is 24.2 Å². The topological polar surface area (TPSA) is 111 Å². The summed E-state index contributed by atoms with van der Waals surface area (Å²) in [5.74, 6) is -2.14. The number of esters is 1. The first-order valence-corrected chi connectivity index (χ1v) is 5.84. The van der Waals surface area contributed by atoms with Crippen LogP contribution in [0.1, 0.15) is 24.3 Å². The quantitative estimate of drug-likeness (QED) is 0.568. The minimum Gasteiger partial charge on any atom is -0.476 e. The van der Waals surface area contributed by atoms with Crippen molar-refractivity contribution in [3.05, 3.63) is 29.7 Å². The van der Waals surface area contributed by atoms with Gasteiger partial charge in [0.1, 0.15) is 6.54 Å². The average Bonchev–Trinajstić information content (AvgIpc) is 2.77. The first-order valence-electron chi connectivity index (χ1n) is 5.84. The van der Waals surface area contributed by atoms with Crippen molar-refractivity contribution in [2.75, 3.05) is 6.61 Å². The number of nitrogens with zero attached hydrogens (tertiary/aromatic N) is 2. The third-order valence-corrected chi connectivity index (χ3v) is 2.12. The minimum atomic E-state index is -1.16. The Morgan fingerprint density at radius 3 is 2.75 bits per heavy atom. The lowest BCUT2D eigenvalue weighted by molar-refractivity contribution is -0.137. The lowest BCUT2D eigenvalue weighted by atomic mass is 10.4. The minimum absolute atomic E-state index is 0.142. The van der Waals surface area contributed by atoms with Crippen molar-refractivity contribution in [1.82, 2.24) is 15.1 Å². The number of amides is 1. The molecule has 0 bridgehead atoms. The van der Waals surface area contributed by atoms with Crippen LogP contribution in [0.4, 0.5) is 0 Å². The van der Waals surface area contributed by atoms with E-state index in [9.17, 15) is 14.4 Å². The number of nitrogens with one attached hydrogen (secondary N) is 1. The number of carbonyl (C=O) groups excluding carboxylic acids is 2. The van der Waals surface area contributed by atoms with Gasteiger partial charge in [0, 0.05) is 18.0 Å². The van der Waals surface area contributed by atoms with Crippen molar-refractivity contribution in [2.24, 2.45) is 0 Å². The van der Waals surface area contributed by atoms with Crippen molar-refractivity contribution >= 4 is 17.8 Å². The molecule has 8 nitrogen and oxygen atoms in total. The molecule has 0 aromatic carbocycles. The molecule has 0 aliphatic carbocycles. The summed E-state index contributed by atoms with van der Waals surface area (Å²) in [6.07, 6.45) is 2.54. The molecule has 8 heteroatoms. The van der Waals surface area contributed by atoms with Crippen LogP contribution >= 0.6 is 0 Å². The van der Waals surface area contributed by atoms with E-state index >= 15 is 0 Å². The number of hydrogen-bond acceptors (Lipinski definition) is 5. The van der Waals surface area contributed by atoms with Crippen molar-refractivity contribution in [3.63, 3.8) is 0 Å². The van der Waals surface area contributed by atoms with Gasteiger partial charge in [-0.15, -0.1) is 0 Å². The van der Waals surface area contributed by atoms with E-state index in [4.69, 9.17) is 9.84 Å². The Hall–Kier alpha value is -2.64. The second kappa shape index (κ2) is 7.07.